The normalized spacial score (nSPS) is 10.6. The highest BCUT2D eigenvalue weighted by atomic mass is 19.1. The van der Waals surface area contributed by atoms with Crippen LogP contribution >= 0.6 is 0 Å². The van der Waals surface area contributed by atoms with Gasteiger partial charge in [0.05, 0.1) is 28.8 Å². The number of hydrogen-bond acceptors (Lipinski definition) is 3. The highest BCUT2D eigenvalue weighted by Crippen LogP contribution is 2.25. The van der Waals surface area contributed by atoms with Crippen molar-refractivity contribution in [1.29, 1.82) is 0 Å². The van der Waals surface area contributed by atoms with Gasteiger partial charge in [-0.2, -0.15) is 5.10 Å². The summed E-state index contributed by atoms with van der Waals surface area (Å²) in [6.45, 7) is 3.60. The molecule has 2 N–H and O–H groups in total. The Balaban J connectivity index is 1.87. The maximum atomic E-state index is 13.0. The Labute approximate surface area is 138 Å². The first-order valence-electron chi connectivity index (χ1n) is 7.37. The van der Waals surface area contributed by atoms with E-state index in [1.54, 1.807) is 41.9 Å². The van der Waals surface area contributed by atoms with Gasteiger partial charge in [-0.25, -0.2) is 9.07 Å². The van der Waals surface area contributed by atoms with Crippen molar-refractivity contribution in [2.24, 2.45) is 0 Å². The van der Waals surface area contributed by atoms with Gasteiger partial charge in [-0.1, -0.05) is 6.07 Å². The summed E-state index contributed by atoms with van der Waals surface area (Å²) in [7, 11) is 0. The predicted octanol–water partition coefficient (Wildman–Crippen LogP) is 3.59. The van der Waals surface area contributed by atoms with Crippen molar-refractivity contribution in [3.8, 4) is 11.4 Å². The third-order valence-electron chi connectivity index (χ3n) is 3.73. The lowest BCUT2D eigenvalue weighted by molar-refractivity contribution is 0.102. The number of amides is 1. The minimum Gasteiger partial charge on any atom is -0.506 e. The number of aromatic hydroxyl groups is 1. The lowest BCUT2D eigenvalue weighted by Crippen LogP contribution is -2.13. The monoisotopic (exact) mass is 325 g/mol. The largest absolute Gasteiger partial charge is 0.506 e. The van der Waals surface area contributed by atoms with Crippen molar-refractivity contribution >= 4 is 11.6 Å². The van der Waals surface area contributed by atoms with Crippen LogP contribution in [0.4, 0.5) is 10.1 Å². The SMILES string of the molecule is Cc1ccc(NC(=O)c2cnn(-c3ccc(F)cc3)c2C)c(O)c1. The third kappa shape index (κ3) is 2.99. The van der Waals surface area contributed by atoms with Crippen LogP contribution in [-0.2, 0) is 0 Å². The summed E-state index contributed by atoms with van der Waals surface area (Å²) in [5.74, 6) is -0.705. The summed E-state index contributed by atoms with van der Waals surface area (Å²) in [5.41, 5.74) is 2.88. The zero-order valence-electron chi connectivity index (χ0n) is 13.2. The molecule has 1 amide bonds. The number of anilines is 1. The number of aromatic nitrogens is 2. The fourth-order valence-electron chi connectivity index (χ4n) is 2.41. The summed E-state index contributed by atoms with van der Waals surface area (Å²) < 4.78 is 14.6. The van der Waals surface area contributed by atoms with Gasteiger partial charge in [-0.15, -0.1) is 0 Å². The van der Waals surface area contributed by atoms with Crippen LogP contribution in [0.3, 0.4) is 0 Å². The number of carbonyl (C=O) groups excluding carboxylic acids is 1. The van der Waals surface area contributed by atoms with Gasteiger partial charge < -0.3 is 10.4 Å². The van der Waals surface area contributed by atoms with Gasteiger partial charge in [0.15, 0.2) is 0 Å². The Morgan fingerprint density at radius 3 is 2.54 bits per heavy atom. The number of phenols is 1. The van der Waals surface area contributed by atoms with E-state index in [2.05, 4.69) is 10.4 Å². The molecule has 0 aliphatic heterocycles. The highest BCUT2D eigenvalue weighted by Gasteiger charge is 2.16. The molecule has 0 atom stereocenters. The molecule has 0 radical (unpaired) electrons. The van der Waals surface area contributed by atoms with E-state index in [1.165, 1.54) is 18.3 Å². The molecule has 0 spiro atoms. The van der Waals surface area contributed by atoms with Gasteiger partial charge in [0.2, 0.25) is 0 Å². The highest BCUT2D eigenvalue weighted by molar-refractivity contribution is 6.05. The van der Waals surface area contributed by atoms with Crippen molar-refractivity contribution in [1.82, 2.24) is 9.78 Å². The van der Waals surface area contributed by atoms with E-state index < -0.39 is 0 Å². The lowest BCUT2D eigenvalue weighted by Gasteiger charge is -2.08. The quantitative estimate of drug-likeness (QED) is 0.723. The van der Waals surface area contributed by atoms with E-state index in [4.69, 9.17) is 0 Å². The van der Waals surface area contributed by atoms with E-state index in [9.17, 15) is 14.3 Å². The second-order valence-electron chi connectivity index (χ2n) is 5.51. The number of halogens is 1. The number of benzene rings is 2. The molecule has 1 heterocycles. The molecule has 3 aromatic rings. The molecule has 122 valence electrons. The molecule has 0 unspecified atom stereocenters. The van der Waals surface area contributed by atoms with Crippen LogP contribution in [0.5, 0.6) is 5.75 Å². The summed E-state index contributed by atoms with van der Waals surface area (Å²) >= 11 is 0. The molecule has 0 fully saturated rings. The molecule has 3 rings (SSSR count). The van der Waals surface area contributed by atoms with Crippen molar-refractivity contribution in [2.45, 2.75) is 13.8 Å². The van der Waals surface area contributed by atoms with Crippen molar-refractivity contribution in [2.75, 3.05) is 5.32 Å². The van der Waals surface area contributed by atoms with E-state index in [0.29, 0.717) is 22.6 Å². The van der Waals surface area contributed by atoms with E-state index in [0.717, 1.165) is 5.56 Å². The van der Waals surface area contributed by atoms with Crippen LogP contribution < -0.4 is 5.32 Å². The molecule has 0 saturated heterocycles. The number of nitrogens with zero attached hydrogens (tertiary/aromatic N) is 2. The van der Waals surface area contributed by atoms with Crippen LogP contribution in [-0.4, -0.2) is 20.8 Å². The van der Waals surface area contributed by atoms with E-state index >= 15 is 0 Å². The van der Waals surface area contributed by atoms with Crippen LogP contribution in [0, 0.1) is 19.7 Å². The zero-order chi connectivity index (χ0) is 17.3. The summed E-state index contributed by atoms with van der Waals surface area (Å²) in [4.78, 5) is 12.4. The Morgan fingerprint density at radius 1 is 1.17 bits per heavy atom. The standard InChI is InChI=1S/C18H16FN3O2/c1-11-3-8-16(17(23)9-11)21-18(24)15-10-20-22(12(15)2)14-6-4-13(19)5-7-14/h3-10,23H,1-2H3,(H,21,24). The predicted molar refractivity (Wildman–Crippen MR) is 89.1 cm³/mol. The smallest absolute Gasteiger partial charge is 0.259 e. The number of rotatable bonds is 3. The number of hydrogen-bond donors (Lipinski definition) is 2. The number of aryl methyl sites for hydroxylation is 1. The van der Waals surface area contributed by atoms with Crippen LogP contribution in [0.1, 0.15) is 21.6 Å². The van der Waals surface area contributed by atoms with E-state index in [-0.39, 0.29) is 17.5 Å². The molecular weight excluding hydrogens is 309 g/mol. The third-order valence-corrected chi connectivity index (χ3v) is 3.73. The van der Waals surface area contributed by atoms with Crippen LogP contribution in [0.25, 0.3) is 5.69 Å². The van der Waals surface area contributed by atoms with Crippen LogP contribution in [0.15, 0.2) is 48.7 Å². The molecule has 1 aromatic heterocycles. The van der Waals surface area contributed by atoms with E-state index in [1.807, 2.05) is 6.92 Å². The van der Waals surface area contributed by atoms with Crippen molar-refractivity contribution in [3.05, 3.63) is 71.3 Å². The van der Waals surface area contributed by atoms with Gasteiger partial charge in [0.25, 0.3) is 5.91 Å². The maximum Gasteiger partial charge on any atom is 0.259 e. The molecule has 0 saturated carbocycles. The molecule has 5 nitrogen and oxygen atoms in total. The molecule has 2 aromatic carbocycles. The Kier molecular flexibility index (Phi) is 4.04. The molecule has 6 heteroatoms. The van der Waals surface area contributed by atoms with Crippen LogP contribution in [0.2, 0.25) is 0 Å². The minimum atomic E-state index is -0.375. The Hall–Kier alpha value is -3.15. The van der Waals surface area contributed by atoms with Gasteiger partial charge in [0, 0.05) is 0 Å². The second kappa shape index (κ2) is 6.16. The first-order chi connectivity index (χ1) is 11.5. The lowest BCUT2D eigenvalue weighted by atomic mass is 10.2. The summed E-state index contributed by atoms with van der Waals surface area (Å²) in [5, 5.41) is 16.7. The Bertz CT molecular complexity index is 901. The Morgan fingerprint density at radius 2 is 1.88 bits per heavy atom. The topological polar surface area (TPSA) is 67.2 Å². The number of phenolic OH excluding ortho intramolecular Hbond substituents is 1. The fraction of sp³-hybridized carbons (Fsp3) is 0.111. The first kappa shape index (κ1) is 15.7. The van der Waals surface area contributed by atoms with Gasteiger partial charge in [-0.05, 0) is 55.8 Å². The summed E-state index contributed by atoms with van der Waals surface area (Å²) in [6.07, 6.45) is 1.44. The van der Waals surface area contributed by atoms with Crippen molar-refractivity contribution < 1.29 is 14.3 Å². The average Bonchev–Trinajstić information content (AvgIpc) is 2.92. The molecule has 0 bridgehead atoms. The molecule has 24 heavy (non-hydrogen) atoms. The number of nitrogens with one attached hydrogen (secondary N) is 1. The molecule has 0 aliphatic rings. The van der Waals surface area contributed by atoms with Gasteiger partial charge in [-0.3, -0.25) is 4.79 Å². The van der Waals surface area contributed by atoms with Gasteiger partial charge >= 0.3 is 0 Å². The van der Waals surface area contributed by atoms with Gasteiger partial charge in [0.1, 0.15) is 11.6 Å². The first-order valence-corrected chi connectivity index (χ1v) is 7.37. The second-order valence-corrected chi connectivity index (χ2v) is 5.51. The zero-order valence-corrected chi connectivity index (χ0v) is 13.2. The maximum absolute atomic E-state index is 13.0. The van der Waals surface area contributed by atoms with Crippen molar-refractivity contribution in [3.63, 3.8) is 0 Å². The molecular formula is C18H16FN3O2. The average molecular weight is 325 g/mol. The summed E-state index contributed by atoms with van der Waals surface area (Å²) in [6, 6.07) is 10.9. The fourth-order valence-corrected chi connectivity index (χ4v) is 2.41. The minimum absolute atomic E-state index is 0.00642. The molecule has 0 aliphatic carbocycles. The number of carbonyl (C=O) groups is 1.